The summed E-state index contributed by atoms with van der Waals surface area (Å²) in [4.78, 5) is 31.8. The zero-order valence-electron chi connectivity index (χ0n) is 7.11. The van der Waals surface area contributed by atoms with Crippen molar-refractivity contribution in [1.82, 2.24) is 5.32 Å². The van der Waals surface area contributed by atoms with Gasteiger partial charge < -0.3 is 10.4 Å². The molecule has 0 heterocycles. The third-order valence-electron chi connectivity index (χ3n) is 1.29. The number of hydrogen-bond donors (Lipinski definition) is 2. The number of rotatable bonds is 4. The Morgan fingerprint density at radius 1 is 1.29 bits per heavy atom. The first-order chi connectivity index (χ1) is 6.51. The van der Waals surface area contributed by atoms with Crippen molar-refractivity contribution < 1.29 is 19.5 Å². The normalized spacial score (nSPS) is 10.4. The highest BCUT2D eigenvalue weighted by Crippen LogP contribution is 1.93. The molecule has 0 aromatic heterocycles. The SMILES string of the molecule is C#CC(=O)CC(NC(=O)C#C)C(=O)O. The fourth-order valence-corrected chi connectivity index (χ4v) is 0.644. The van der Waals surface area contributed by atoms with Crippen LogP contribution >= 0.6 is 0 Å². The van der Waals surface area contributed by atoms with Crippen LogP contribution in [0.5, 0.6) is 0 Å². The number of carboxylic acids is 1. The molecule has 0 aromatic carbocycles. The van der Waals surface area contributed by atoms with Crippen molar-refractivity contribution in [2.24, 2.45) is 0 Å². The Morgan fingerprint density at radius 3 is 2.21 bits per heavy atom. The summed E-state index contributed by atoms with van der Waals surface area (Å²) >= 11 is 0. The number of terminal acetylenes is 2. The van der Waals surface area contributed by atoms with E-state index >= 15 is 0 Å². The van der Waals surface area contributed by atoms with E-state index < -0.39 is 30.1 Å². The minimum absolute atomic E-state index is 0.473. The Hall–Kier alpha value is -2.27. The van der Waals surface area contributed by atoms with Gasteiger partial charge >= 0.3 is 5.97 Å². The molecular formula is C9H7NO4. The van der Waals surface area contributed by atoms with Crippen molar-refractivity contribution >= 4 is 17.7 Å². The quantitative estimate of drug-likeness (QED) is 0.433. The second-order valence-corrected chi connectivity index (χ2v) is 2.28. The first-order valence-electron chi connectivity index (χ1n) is 3.50. The molecule has 0 spiro atoms. The summed E-state index contributed by atoms with van der Waals surface area (Å²) in [5.74, 6) is 0.424. The van der Waals surface area contributed by atoms with Crippen LogP contribution in [-0.2, 0) is 14.4 Å². The minimum Gasteiger partial charge on any atom is -0.480 e. The van der Waals surface area contributed by atoms with Crippen molar-refractivity contribution in [3.8, 4) is 24.7 Å². The zero-order valence-corrected chi connectivity index (χ0v) is 7.11. The van der Waals surface area contributed by atoms with Crippen LogP contribution in [0, 0.1) is 24.7 Å². The number of amides is 1. The highest BCUT2D eigenvalue weighted by atomic mass is 16.4. The number of carboxylic acid groups (broad SMARTS) is 1. The predicted octanol–water partition coefficient (Wildman–Crippen LogP) is -1.22. The number of Topliss-reactive ketones (excluding diaryl/α,β-unsaturated/α-hetero) is 1. The van der Waals surface area contributed by atoms with E-state index in [4.69, 9.17) is 18.0 Å². The highest BCUT2D eigenvalue weighted by Gasteiger charge is 2.21. The predicted molar refractivity (Wildman–Crippen MR) is 46.9 cm³/mol. The van der Waals surface area contributed by atoms with Gasteiger partial charge in [-0.2, -0.15) is 0 Å². The number of aliphatic carboxylic acids is 1. The van der Waals surface area contributed by atoms with E-state index in [1.165, 1.54) is 0 Å². The molecule has 0 radical (unpaired) electrons. The molecule has 5 nitrogen and oxygen atoms in total. The molecule has 0 bridgehead atoms. The van der Waals surface area contributed by atoms with Gasteiger partial charge in [-0.05, 0) is 11.8 Å². The molecule has 1 amide bonds. The second-order valence-electron chi connectivity index (χ2n) is 2.28. The maximum atomic E-state index is 10.7. The molecule has 14 heavy (non-hydrogen) atoms. The molecule has 0 rings (SSSR count). The van der Waals surface area contributed by atoms with Crippen molar-refractivity contribution in [2.45, 2.75) is 12.5 Å². The lowest BCUT2D eigenvalue weighted by atomic mass is 10.1. The average Bonchev–Trinajstić information content (AvgIpc) is 2.16. The Bertz CT molecular complexity index is 317. The molecule has 5 heteroatoms. The lowest BCUT2D eigenvalue weighted by molar-refractivity contribution is -0.142. The molecular weight excluding hydrogens is 186 g/mol. The number of hydrogen-bond acceptors (Lipinski definition) is 3. The summed E-state index contributed by atoms with van der Waals surface area (Å²) in [5, 5.41) is 10.5. The van der Waals surface area contributed by atoms with Crippen LogP contribution in [0.15, 0.2) is 0 Å². The van der Waals surface area contributed by atoms with Gasteiger partial charge in [-0.15, -0.1) is 12.8 Å². The zero-order chi connectivity index (χ0) is 11.1. The fraction of sp³-hybridized carbons (Fsp3) is 0.222. The average molecular weight is 193 g/mol. The third-order valence-corrected chi connectivity index (χ3v) is 1.29. The summed E-state index contributed by atoms with van der Waals surface area (Å²) in [7, 11) is 0. The van der Waals surface area contributed by atoms with Gasteiger partial charge in [0.1, 0.15) is 6.04 Å². The van der Waals surface area contributed by atoms with Crippen LogP contribution in [0.4, 0.5) is 0 Å². The molecule has 0 saturated carbocycles. The maximum absolute atomic E-state index is 10.7. The highest BCUT2D eigenvalue weighted by molar-refractivity contribution is 6.00. The Labute approximate surface area is 80.5 Å². The van der Waals surface area contributed by atoms with E-state index in [1.54, 1.807) is 11.8 Å². The van der Waals surface area contributed by atoms with Gasteiger partial charge in [0.2, 0.25) is 5.78 Å². The molecule has 72 valence electrons. The van der Waals surface area contributed by atoms with Gasteiger partial charge in [0.15, 0.2) is 0 Å². The lowest BCUT2D eigenvalue weighted by Gasteiger charge is -2.09. The van der Waals surface area contributed by atoms with Crippen molar-refractivity contribution in [1.29, 1.82) is 0 Å². The van der Waals surface area contributed by atoms with Crippen molar-refractivity contribution in [3.63, 3.8) is 0 Å². The smallest absolute Gasteiger partial charge is 0.326 e. The summed E-state index contributed by atoms with van der Waals surface area (Å²) in [5.41, 5.74) is 0. The summed E-state index contributed by atoms with van der Waals surface area (Å²) in [6.07, 6.45) is 8.97. The fourth-order valence-electron chi connectivity index (χ4n) is 0.644. The molecule has 0 aliphatic rings. The molecule has 1 atom stereocenters. The van der Waals surface area contributed by atoms with E-state index in [2.05, 4.69) is 0 Å². The standard InChI is InChI=1S/C9H7NO4/c1-3-6(11)5-7(9(13)14)10-8(12)4-2/h1-2,7H,5H2,(H,10,12)(H,13,14). The van der Waals surface area contributed by atoms with E-state index in [9.17, 15) is 14.4 Å². The molecule has 0 fully saturated rings. The monoisotopic (exact) mass is 193 g/mol. The van der Waals surface area contributed by atoms with E-state index in [0.29, 0.717) is 0 Å². The molecule has 0 aliphatic carbocycles. The Kier molecular flexibility index (Phi) is 4.51. The van der Waals surface area contributed by atoms with Gasteiger partial charge in [-0.25, -0.2) is 4.79 Å². The minimum atomic E-state index is -1.37. The van der Waals surface area contributed by atoms with Crippen molar-refractivity contribution in [3.05, 3.63) is 0 Å². The molecule has 2 N–H and O–H groups in total. The van der Waals surface area contributed by atoms with Crippen LogP contribution in [0.25, 0.3) is 0 Å². The van der Waals surface area contributed by atoms with E-state index in [-0.39, 0.29) is 0 Å². The maximum Gasteiger partial charge on any atom is 0.326 e. The molecule has 0 saturated heterocycles. The Morgan fingerprint density at radius 2 is 1.86 bits per heavy atom. The number of nitrogens with one attached hydrogen (secondary N) is 1. The largest absolute Gasteiger partial charge is 0.480 e. The van der Waals surface area contributed by atoms with Crippen LogP contribution in [-0.4, -0.2) is 28.8 Å². The van der Waals surface area contributed by atoms with Crippen LogP contribution in [0.3, 0.4) is 0 Å². The first kappa shape index (κ1) is 11.7. The molecule has 1 unspecified atom stereocenters. The van der Waals surface area contributed by atoms with Crippen molar-refractivity contribution in [2.75, 3.05) is 0 Å². The summed E-state index contributed by atoms with van der Waals surface area (Å²) < 4.78 is 0. The van der Waals surface area contributed by atoms with Crippen LogP contribution in [0.2, 0.25) is 0 Å². The summed E-state index contributed by atoms with van der Waals surface area (Å²) in [6, 6.07) is -1.37. The first-order valence-corrected chi connectivity index (χ1v) is 3.50. The van der Waals surface area contributed by atoms with Crippen LogP contribution < -0.4 is 5.32 Å². The second kappa shape index (κ2) is 5.39. The van der Waals surface area contributed by atoms with Gasteiger partial charge in [0.25, 0.3) is 5.91 Å². The Balaban J connectivity index is 4.42. The third kappa shape index (κ3) is 3.93. The van der Waals surface area contributed by atoms with E-state index in [0.717, 1.165) is 0 Å². The van der Waals surface area contributed by atoms with Crippen LogP contribution in [0.1, 0.15) is 6.42 Å². The number of carbonyl (C=O) groups excluding carboxylic acids is 2. The lowest BCUT2D eigenvalue weighted by Crippen LogP contribution is -2.41. The van der Waals surface area contributed by atoms with Gasteiger partial charge in [0.05, 0.1) is 0 Å². The molecule has 0 aliphatic heterocycles. The summed E-state index contributed by atoms with van der Waals surface area (Å²) in [6.45, 7) is 0. The van der Waals surface area contributed by atoms with E-state index in [1.807, 2.05) is 5.32 Å². The van der Waals surface area contributed by atoms with Gasteiger partial charge in [-0.3, -0.25) is 9.59 Å². The van der Waals surface area contributed by atoms with Gasteiger partial charge in [0, 0.05) is 6.42 Å². The number of carbonyl (C=O) groups is 3. The topological polar surface area (TPSA) is 83.5 Å². The molecule has 0 aromatic rings. The number of ketones is 1. The van der Waals surface area contributed by atoms with Gasteiger partial charge in [-0.1, -0.05) is 0 Å².